The highest BCUT2D eigenvalue weighted by atomic mass is 16.5. The molecule has 4 nitrogen and oxygen atoms in total. The van der Waals surface area contributed by atoms with Crippen LogP contribution in [0, 0.1) is 0 Å². The Morgan fingerprint density at radius 3 is 2.48 bits per heavy atom. The van der Waals surface area contributed by atoms with E-state index in [1.54, 1.807) is 0 Å². The third kappa shape index (κ3) is 4.93. The second-order valence-electron chi connectivity index (χ2n) is 4.94. The van der Waals surface area contributed by atoms with Crippen LogP contribution in [0.1, 0.15) is 17.5 Å². The van der Waals surface area contributed by atoms with Crippen molar-refractivity contribution < 1.29 is 14.6 Å². The van der Waals surface area contributed by atoms with Crippen molar-refractivity contribution in [2.75, 3.05) is 0 Å². The maximum atomic E-state index is 10.7. The first-order valence-electron chi connectivity index (χ1n) is 6.87. The third-order valence-corrected chi connectivity index (χ3v) is 3.13. The molecule has 2 aromatic rings. The molecule has 0 saturated carbocycles. The molecule has 0 aliphatic carbocycles. The topological polar surface area (TPSA) is 72.6 Å². The zero-order chi connectivity index (χ0) is 15.1. The molecule has 4 heteroatoms. The van der Waals surface area contributed by atoms with Crippen molar-refractivity contribution in [2.45, 2.75) is 25.5 Å². The Balaban J connectivity index is 2.01. The largest absolute Gasteiger partial charge is 0.489 e. The lowest BCUT2D eigenvalue weighted by Crippen LogP contribution is -2.26. The Morgan fingerprint density at radius 2 is 1.76 bits per heavy atom. The van der Waals surface area contributed by atoms with Gasteiger partial charge in [0, 0.05) is 6.04 Å². The molecule has 0 unspecified atom stereocenters. The van der Waals surface area contributed by atoms with Crippen molar-refractivity contribution in [3.63, 3.8) is 0 Å². The molecule has 3 N–H and O–H groups in total. The van der Waals surface area contributed by atoms with Gasteiger partial charge in [-0.3, -0.25) is 4.79 Å². The summed E-state index contributed by atoms with van der Waals surface area (Å²) in [6.07, 6.45) is 0.435. The number of carboxylic acids is 1. The molecule has 0 amide bonds. The summed E-state index contributed by atoms with van der Waals surface area (Å²) in [5.74, 6) is -0.132. The van der Waals surface area contributed by atoms with E-state index in [0.29, 0.717) is 13.0 Å². The Hall–Kier alpha value is -2.33. The molecule has 0 bridgehead atoms. The second kappa shape index (κ2) is 7.45. The lowest BCUT2D eigenvalue weighted by Gasteiger charge is -2.14. The van der Waals surface area contributed by atoms with Crippen LogP contribution in [0.2, 0.25) is 0 Å². The van der Waals surface area contributed by atoms with Gasteiger partial charge in [-0.1, -0.05) is 48.5 Å². The summed E-state index contributed by atoms with van der Waals surface area (Å²) in [6, 6.07) is 17.1. The van der Waals surface area contributed by atoms with E-state index in [0.717, 1.165) is 16.9 Å². The minimum absolute atomic E-state index is 0.0486. The van der Waals surface area contributed by atoms with Gasteiger partial charge in [0.15, 0.2) is 0 Å². The fourth-order valence-corrected chi connectivity index (χ4v) is 2.13. The van der Waals surface area contributed by atoms with Gasteiger partial charge >= 0.3 is 5.97 Å². The summed E-state index contributed by atoms with van der Waals surface area (Å²) in [5.41, 5.74) is 7.86. The summed E-state index contributed by atoms with van der Waals surface area (Å²) in [6.45, 7) is 0.478. The van der Waals surface area contributed by atoms with Crippen LogP contribution in [-0.2, 0) is 17.8 Å². The normalized spacial score (nSPS) is 11.9. The van der Waals surface area contributed by atoms with E-state index in [4.69, 9.17) is 15.6 Å². The van der Waals surface area contributed by atoms with Crippen LogP contribution in [0.25, 0.3) is 0 Å². The van der Waals surface area contributed by atoms with Gasteiger partial charge in [-0.2, -0.15) is 0 Å². The molecule has 0 aliphatic heterocycles. The summed E-state index contributed by atoms with van der Waals surface area (Å²) >= 11 is 0. The Bertz CT molecular complexity index is 584. The van der Waals surface area contributed by atoms with E-state index >= 15 is 0 Å². The zero-order valence-corrected chi connectivity index (χ0v) is 11.7. The SMILES string of the molecule is N[C@H](CC(=O)O)Cc1ccccc1OCc1ccccc1. The predicted octanol–water partition coefficient (Wildman–Crippen LogP) is 2.61. The molecule has 21 heavy (non-hydrogen) atoms. The molecule has 0 heterocycles. The molecular weight excluding hydrogens is 266 g/mol. The molecular formula is C17H19NO3. The smallest absolute Gasteiger partial charge is 0.304 e. The fourth-order valence-electron chi connectivity index (χ4n) is 2.13. The van der Waals surface area contributed by atoms with Gasteiger partial charge in [-0.15, -0.1) is 0 Å². The monoisotopic (exact) mass is 285 g/mol. The first-order chi connectivity index (χ1) is 10.1. The summed E-state index contributed by atoms with van der Waals surface area (Å²) in [4.78, 5) is 10.7. The second-order valence-corrected chi connectivity index (χ2v) is 4.94. The molecule has 0 radical (unpaired) electrons. The molecule has 110 valence electrons. The van der Waals surface area contributed by atoms with Gasteiger partial charge in [-0.05, 0) is 23.6 Å². The summed E-state index contributed by atoms with van der Waals surface area (Å²) in [5, 5.41) is 8.77. The van der Waals surface area contributed by atoms with Gasteiger partial charge in [-0.25, -0.2) is 0 Å². The number of para-hydroxylation sites is 1. The van der Waals surface area contributed by atoms with E-state index in [2.05, 4.69) is 0 Å². The van der Waals surface area contributed by atoms with Crippen molar-refractivity contribution >= 4 is 5.97 Å². The fraction of sp³-hybridized carbons (Fsp3) is 0.235. The van der Waals surface area contributed by atoms with Crippen LogP contribution >= 0.6 is 0 Å². The number of nitrogens with two attached hydrogens (primary N) is 1. The quantitative estimate of drug-likeness (QED) is 0.820. The van der Waals surface area contributed by atoms with E-state index in [9.17, 15) is 4.79 Å². The molecule has 0 spiro atoms. The van der Waals surface area contributed by atoms with E-state index in [1.165, 1.54) is 0 Å². The Kier molecular flexibility index (Phi) is 5.35. The summed E-state index contributed by atoms with van der Waals surface area (Å²) < 4.78 is 5.83. The highest BCUT2D eigenvalue weighted by molar-refractivity contribution is 5.67. The van der Waals surface area contributed by atoms with Crippen LogP contribution in [0.15, 0.2) is 54.6 Å². The van der Waals surface area contributed by atoms with Crippen molar-refractivity contribution in [2.24, 2.45) is 5.73 Å². The van der Waals surface area contributed by atoms with Crippen LogP contribution < -0.4 is 10.5 Å². The highest BCUT2D eigenvalue weighted by Crippen LogP contribution is 2.21. The van der Waals surface area contributed by atoms with Crippen LogP contribution in [0.5, 0.6) is 5.75 Å². The van der Waals surface area contributed by atoms with Crippen LogP contribution in [0.4, 0.5) is 0 Å². The number of rotatable bonds is 7. The number of ether oxygens (including phenoxy) is 1. The molecule has 0 aromatic heterocycles. The van der Waals surface area contributed by atoms with Crippen LogP contribution in [0.3, 0.4) is 0 Å². The van der Waals surface area contributed by atoms with Crippen molar-refractivity contribution in [1.82, 2.24) is 0 Å². The van der Waals surface area contributed by atoms with Gasteiger partial charge in [0.2, 0.25) is 0 Å². The lowest BCUT2D eigenvalue weighted by atomic mass is 10.0. The summed E-state index contributed by atoms with van der Waals surface area (Å²) in [7, 11) is 0. The molecule has 0 saturated heterocycles. The first-order valence-corrected chi connectivity index (χ1v) is 6.87. The number of hydrogen-bond donors (Lipinski definition) is 2. The highest BCUT2D eigenvalue weighted by Gasteiger charge is 2.12. The lowest BCUT2D eigenvalue weighted by molar-refractivity contribution is -0.137. The van der Waals surface area contributed by atoms with Gasteiger partial charge < -0.3 is 15.6 Å². The van der Waals surface area contributed by atoms with Gasteiger partial charge in [0.25, 0.3) is 0 Å². The van der Waals surface area contributed by atoms with E-state index in [-0.39, 0.29) is 6.42 Å². The predicted molar refractivity (Wildman–Crippen MR) is 81.1 cm³/mol. The maximum absolute atomic E-state index is 10.7. The zero-order valence-electron chi connectivity index (χ0n) is 11.7. The molecule has 2 aromatic carbocycles. The minimum Gasteiger partial charge on any atom is -0.489 e. The molecule has 0 fully saturated rings. The maximum Gasteiger partial charge on any atom is 0.304 e. The van der Waals surface area contributed by atoms with Crippen molar-refractivity contribution in [3.05, 3.63) is 65.7 Å². The number of hydrogen-bond acceptors (Lipinski definition) is 3. The van der Waals surface area contributed by atoms with Gasteiger partial charge in [0.05, 0.1) is 6.42 Å². The Labute approximate surface area is 124 Å². The third-order valence-electron chi connectivity index (χ3n) is 3.13. The number of carboxylic acid groups (broad SMARTS) is 1. The van der Waals surface area contributed by atoms with E-state index < -0.39 is 12.0 Å². The van der Waals surface area contributed by atoms with E-state index in [1.807, 2.05) is 54.6 Å². The number of aliphatic carboxylic acids is 1. The van der Waals surface area contributed by atoms with Crippen LogP contribution in [-0.4, -0.2) is 17.1 Å². The molecule has 2 rings (SSSR count). The number of carbonyl (C=O) groups is 1. The average molecular weight is 285 g/mol. The van der Waals surface area contributed by atoms with Gasteiger partial charge in [0.1, 0.15) is 12.4 Å². The molecule has 1 atom stereocenters. The average Bonchev–Trinajstić information content (AvgIpc) is 2.46. The van der Waals surface area contributed by atoms with Crippen molar-refractivity contribution in [3.8, 4) is 5.75 Å². The molecule has 0 aliphatic rings. The number of benzene rings is 2. The minimum atomic E-state index is -0.884. The first kappa shape index (κ1) is 15.1. The standard InChI is InChI=1S/C17H19NO3/c18-15(11-17(19)20)10-14-8-4-5-9-16(14)21-12-13-6-2-1-3-7-13/h1-9,15H,10-12,18H2,(H,19,20)/t15-/m0/s1. The van der Waals surface area contributed by atoms with Crippen molar-refractivity contribution in [1.29, 1.82) is 0 Å². The Morgan fingerprint density at radius 1 is 1.10 bits per heavy atom.